The van der Waals surface area contributed by atoms with E-state index in [4.69, 9.17) is 0 Å². The number of rotatable bonds is 5. The van der Waals surface area contributed by atoms with Gasteiger partial charge in [-0.05, 0) is 48.4 Å². The van der Waals surface area contributed by atoms with E-state index in [1.807, 2.05) is 12.1 Å². The molecule has 1 N–H and O–H groups in total. The third-order valence-corrected chi connectivity index (χ3v) is 6.36. The van der Waals surface area contributed by atoms with Crippen molar-refractivity contribution >= 4 is 29.3 Å². The zero-order chi connectivity index (χ0) is 22.6. The molecule has 3 aliphatic rings. The van der Waals surface area contributed by atoms with Crippen LogP contribution in [0.4, 0.5) is 10.1 Å². The van der Waals surface area contributed by atoms with Crippen molar-refractivity contribution in [1.82, 2.24) is 10.2 Å². The van der Waals surface area contributed by atoms with Crippen molar-refractivity contribution in [2.75, 3.05) is 11.9 Å². The summed E-state index contributed by atoms with van der Waals surface area (Å²) < 4.78 is 14.9. The van der Waals surface area contributed by atoms with Gasteiger partial charge in [-0.2, -0.15) is 0 Å². The Kier molecular flexibility index (Phi) is 4.80. The van der Waals surface area contributed by atoms with Crippen LogP contribution in [0.25, 0.3) is 0 Å². The van der Waals surface area contributed by atoms with Crippen LogP contribution in [-0.2, 0) is 16.1 Å². The Morgan fingerprint density at radius 3 is 2.38 bits per heavy atom. The van der Waals surface area contributed by atoms with Gasteiger partial charge in [-0.15, -0.1) is 0 Å². The molecule has 0 radical (unpaired) electrons. The molecule has 164 valence electrons. The molecule has 5 rings (SSSR count). The molecule has 2 aromatic carbocycles. The maximum absolute atomic E-state index is 14.9. The van der Waals surface area contributed by atoms with Crippen molar-refractivity contribution in [1.29, 1.82) is 0 Å². The summed E-state index contributed by atoms with van der Waals surface area (Å²) in [7, 11) is 1.67. The first-order valence-electron chi connectivity index (χ1n) is 10.7. The van der Waals surface area contributed by atoms with E-state index in [1.165, 1.54) is 30.5 Å². The summed E-state index contributed by atoms with van der Waals surface area (Å²) in [4.78, 5) is 52.4. The quantitative estimate of drug-likeness (QED) is 0.730. The molecule has 0 bridgehead atoms. The summed E-state index contributed by atoms with van der Waals surface area (Å²) in [6.45, 7) is 0.345. The molecule has 7 nitrogen and oxygen atoms in total. The molecule has 1 saturated carbocycles. The molecule has 2 aliphatic heterocycles. The topological polar surface area (TPSA) is 86.8 Å². The number of anilines is 1. The minimum absolute atomic E-state index is 0.0295. The van der Waals surface area contributed by atoms with Gasteiger partial charge in [-0.1, -0.05) is 24.3 Å². The highest BCUT2D eigenvalue weighted by molar-refractivity contribution is 6.25. The number of fused-ring (bicyclic) bond motifs is 1. The lowest BCUT2D eigenvalue weighted by Gasteiger charge is -2.28. The Balaban J connectivity index is 1.44. The molecular formula is C24H22FN3O4. The summed E-state index contributed by atoms with van der Waals surface area (Å²) in [5.74, 6) is -2.48. The number of nitrogens with zero attached hydrogens (tertiary/aromatic N) is 2. The normalized spacial score (nSPS) is 20.4. The number of benzene rings is 2. The number of amides is 4. The van der Waals surface area contributed by atoms with E-state index < -0.39 is 35.5 Å². The Bertz CT molecular complexity index is 1160. The smallest absolute Gasteiger partial charge is 0.264 e. The van der Waals surface area contributed by atoms with Crippen molar-refractivity contribution in [2.24, 2.45) is 0 Å². The van der Waals surface area contributed by atoms with Crippen LogP contribution < -0.4 is 10.2 Å². The van der Waals surface area contributed by atoms with Gasteiger partial charge in [-0.25, -0.2) is 4.39 Å². The van der Waals surface area contributed by atoms with Gasteiger partial charge in [0, 0.05) is 20.0 Å². The van der Waals surface area contributed by atoms with E-state index in [1.54, 1.807) is 11.9 Å². The number of piperidine rings is 1. The second-order valence-corrected chi connectivity index (χ2v) is 8.64. The standard InChI is InChI=1S/C24H22FN3O4/c1-27(12-13-2-4-14(5-3-13)15-6-7-15)21-17(25)9-8-16-20(21)24(32)28(23(16)31)18-10-11-19(29)26-22(18)30/h2-5,8-9,15,18H,6-7,10-12H2,1H3,(H,26,29,30). The van der Waals surface area contributed by atoms with Crippen molar-refractivity contribution < 1.29 is 23.6 Å². The number of halogens is 1. The van der Waals surface area contributed by atoms with Crippen LogP contribution in [0.3, 0.4) is 0 Å². The molecule has 1 atom stereocenters. The Morgan fingerprint density at radius 1 is 1.00 bits per heavy atom. The largest absolute Gasteiger partial charge is 0.367 e. The van der Waals surface area contributed by atoms with E-state index in [9.17, 15) is 23.6 Å². The fourth-order valence-electron chi connectivity index (χ4n) is 4.55. The third-order valence-electron chi connectivity index (χ3n) is 6.36. The van der Waals surface area contributed by atoms with Crippen molar-refractivity contribution in [3.8, 4) is 0 Å². The Labute approximate surface area is 184 Å². The minimum atomic E-state index is -1.09. The SMILES string of the molecule is CN(Cc1ccc(C2CC2)cc1)c1c(F)ccc2c1C(=O)N(C1CCC(=O)NC1=O)C2=O. The van der Waals surface area contributed by atoms with Gasteiger partial charge < -0.3 is 4.90 Å². The second-order valence-electron chi connectivity index (χ2n) is 8.64. The van der Waals surface area contributed by atoms with Crippen LogP contribution in [0.15, 0.2) is 36.4 Å². The minimum Gasteiger partial charge on any atom is -0.367 e. The fourth-order valence-corrected chi connectivity index (χ4v) is 4.55. The molecule has 0 aromatic heterocycles. The maximum atomic E-state index is 14.9. The monoisotopic (exact) mass is 435 g/mol. The van der Waals surface area contributed by atoms with Crippen molar-refractivity contribution in [2.45, 2.75) is 44.2 Å². The molecule has 8 heteroatoms. The lowest BCUT2D eigenvalue weighted by atomic mass is 10.0. The molecule has 0 spiro atoms. The molecule has 2 heterocycles. The lowest BCUT2D eigenvalue weighted by Crippen LogP contribution is -2.54. The average Bonchev–Trinajstić information content (AvgIpc) is 3.57. The number of imide groups is 2. The highest BCUT2D eigenvalue weighted by Gasteiger charge is 2.46. The maximum Gasteiger partial charge on any atom is 0.264 e. The van der Waals surface area contributed by atoms with E-state index >= 15 is 0 Å². The first-order valence-corrected chi connectivity index (χ1v) is 10.7. The molecule has 32 heavy (non-hydrogen) atoms. The number of carbonyl (C=O) groups excluding carboxylic acids is 4. The van der Waals surface area contributed by atoms with Crippen molar-refractivity contribution in [3.63, 3.8) is 0 Å². The highest BCUT2D eigenvalue weighted by atomic mass is 19.1. The summed E-state index contributed by atoms with van der Waals surface area (Å²) >= 11 is 0. The molecule has 1 saturated heterocycles. The zero-order valence-corrected chi connectivity index (χ0v) is 17.6. The molecule has 2 aromatic rings. The Morgan fingerprint density at radius 2 is 1.72 bits per heavy atom. The number of hydrogen-bond acceptors (Lipinski definition) is 5. The summed E-state index contributed by atoms with van der Waals surface area (Å²) in [5.41, 5.74) is 2.29. The lowest BCUT2D eigenvalue weighted by molar-refractivity contribution is -0.136. The van der Waals surface area contributed by atoms with E-state index in [0.717, 1.165) is 10.5 Å². The van der Waals surface area contributed by atoms with Crippen LogP contribution in [0.5, 0.6) is 0 Å². The zero-order valence-electron chi connectivity index (χ0n) is 17.6. The summed E-state index contributed by atoms with van der Waals surface area (Å²) in [6, 6.07) is 9.49. The van der Waals surface area contributed by atoms with Crippen LogP contribution in [-0.4, -0.2) is 41.6 Å². The van der Waals surface area contributed by atoms with Crippen LogP contribution in [0.1, 0.15) is 63.4 Å². The first-order chi connectivity index (χ1) is 15.3. The van der Waals surface area contributed by atoms with Crippen molar-refractivity contribution in [3.05, 3.63) is 64.5 Å². The number of carbonyl (C=O) groups is 4. The van der Waals surface area contributed by atoms with Crippen LogP contribution >= 0.6 is 0 Å². The molecule has 1 aliphatic carbocycles. The van der Waals surface area contributed by atoms with Gasteiger partial charge in [0.2, 0.25) is 11.8 Å². The van der Waals surface area contributed by atoms with E-state index in [-0.39, 0.29) is 29.7 Å². The highest BCUT2D eigenvalue weighted by Crippen LogP contribution is 2.40. The predicted molar refractivity (Wildman–Crippen MR) is 114 cm³/mol. The predicted octanol–water partition coefficient (Wildman–Crippen LogP) is 2.74. The van der Waals surface area contributed by atoms with Crippen LogP contribution in [0.2, 0.25) is 0 Å². The third kappa shape index (κ3) is 3.36. The second kappa shape index (κ2) is 7.55. The van der Waals surface area contributed by atoms with Gasteiger partial charge in [-0.3, -0.25) is 29.4 Å². The van der Waals surface area contributed by atoms with E-state index in [0.29, 0.717) is 12.5 Å². The van der Waals surface area contributed by atoms with Gasteiger partial charge in [0.15, 0.2) is 0 Å². The number of nitrogens with one attached hydrogen (secondary N) is 1. The Hall–Kier alpha value is -3.55. The molecule has 1 unspecified atom stereocenters. The van der Waals surface area contributed by atoms with Gasteiger partial charge in [0.05, 0.1) is 16.8 Å². The fraction of sp³-hybridized carbons (Fsp3) is 0.333. The summed E-state index contributed by atoms with van der Waals surface area (Å²) in [5, 5.41) is 2.16. The van der Waals surface area contributed by atoms with Gasteiger partial charge >= 0.3 is 0 Å². The molecule has 4 amide bonds. The number of hydrogen-bond donors (Lipinski definition) is 1. The van der Waals surface area contributed by atoms with E-state index in [2.05, 4.69) is 17.4 Å². The van der Waals surface area contributed by atoms with Gasteiger partial charge in [0.1, 0.15) is 11.9 Å². The first kappa shape index (κ1) is 20.4. The van der Waals surface area contributed by atoms with Crippen LogP contribution in [0, 0.1) is 5.82 Å². The summed E-state index contributed by atoms with van der Waals surface area (Å²) in [6.07, 6.45) is 2.50. The molecular weight excluding hydrogens is 413 g/mol. The van der Waals surface area contributed by atoms with Gasteiger partial charge in [0.25, 0.3) is 11.8 Å². The average molecular weight is 435 g/mol. The molecule has 2 fully saturated rings.